The topological polar surface area (TPSA) is 175 Å². The number of aliphatic hydroxyl groups is 5. The zero-order chi connectivity index (χ0) is 55.2. The summed E-state index contributed by atoms with van der Waals surface area (Å²) < 4.78 is 16.7. The quantitative estimate of drug-likeness (QED) is 0.0195. The monoisotopic (exact) mass is 1080 g/mol. The molecule has 6 N–H and O–H groups in total. The Morgan fingerprint density at radius 1 is 0.474 bits per heavy atom. The summed E-state index contributed by atoms with van der Waals surface area (Å²) in [7, 11) is 0. The summed E-state index contributed by atoms with van der Waals surface area (Å²) in [5.74, 6) is -0.199. The second-order valence-corrected chi connectivity index (χ2v) is 22.5. The largest absolute Gasteiger partial charge is 0.466 e. The van der Waals surface area contributed by atoms with Crippen LogP contribution in [-0.4, -0.2) is 100 Å². The number of carbonyl (C=O) groups excluding carboxylic acids is 2. The highest BCUT2D eigenvalue weighted by atomic mass is 16.7. The molecule has 1 amide bonds. The molecule has 0 aromatic carbocycles. The lowest BCUT2D eigenvalue weighted by Crippen LogP contribution is -2.60. The van der Waals surface area contributed by atoms with Gasteiger partial charge in [-0.3, -0.25) is 9.59 Å². The Bertz CT molecular complexity index is 1360. The Hall–Kier alpha value is -2.12. The highest BCUT2D eigenvalue weighted by Gasteiger charge is 2.44. The van der Waals surface area contributed by atoms with E-state index in [9.17, 15) is 35.1 Å². The number of aliphatic hydroxyl groups excluding tert-OH is 5. The van der Waals surface area contributed by atoms with Crippen LogP contribution in [0.2, 0.25) is 0 Å². The zero-order valence-electron chi connectivity index (χ0n) is 49.2. The van der Waals surface area contributed by atoms with Crippen LogP contribution in [0.1, 0.15) is 303 Å². The van der Waals surface area contributed by atoms with E-state index in [-0.39, 0.29) is 18.5 Å². The van der Waals surface area contributed by atoms with Crippen LogP contribution >= 0.6 is 0 Å². The molecule has 1 aliphatic rings. The standard InChI is InChI=1S/C65H121NO10/c1-3-5-7-9-11-13-14-15-16-17-24-27-30-33-37-41-45-49-53-61(70)74-54-50-46-42-38-34-31-28-25-22-20-18-19-21-23-26-29-32-36-40-44-48-52-60(69)66-57(58(68)51-47-43-39-35-12-10-8-6-4-2)56-75-65-64(73)63(72)62(71)59(55-67)76-65/h16-17,19,21,47,51,57-59,62-65,67-68,71-73H,3-15,18,20,22-46,48-50,52-56H2,1-2H3,(H,66,69)/b17-16-,21-19-,51-47+. The summed E-state index contributed by atoms with van der Waals surface area (Å²) in [4.78, 5) is 25.1. The number of nitrogens with one attached hydrogen (secondary N) is 1. The summed E-state index contributed by atoms with van der Waals surface area (Å²) in [6.07, 6.45) is 58.3. The van der Waals surface area contributed by atoms with E-state index in [1.54, 1.807) is 6.08 Å². The molecule has 1 heterocycles. The Morgan fingerprint density at radius 3 is 1.26 bits per heavy atom. The van der Waals surface area contributed by atoms with Crippen molar-refractivity contribution in [2.75, 3.05) is 19.8 Å². The number of rotatable bonds is 56. The smallest absolute Gasteiger partial charge is 0.305 e. The fourth-order valence-electron chi connectivity index (χ4n) is 10.1. The molecule has 0 radical (unpaired) electrons. The molecule has 76 heavy (non-hydrogen) atoms. The van der Waals surface area contributed by atoms with Gasteiger partial charge in [-0.2, -0.15) is 0 Å². The molecule has 0 spiro atoms. The van der Waals surface area contributed by atoms with E-state index in [1.807, 2.05) is 6.08 Å². The van der Waals surface area contributed by atoms with Gasteiger partial charge in [0.1, 0.15) is 24.4 Å². The van der Waals surface area contributed by atoms with E-state index >= 15 is 0 Å². The Morgan fingerprint density at radius 2 is 0.842 bits per heavy atom. The third-order valence-corrected chi connectivity index (χ3v) is 15.2. The van der Waals surface area contributed by atoms with E-state index < -0.39 is 49.5 Å². The third kappa shape index (κ3) is 43.7. The number of hydrogen-bond acceptors (Lipinski definition) is 10. The van der Waals surface area contributed by atoms with Crippen molar-refractivity contribution in [2.45, 2.75) is 346 Å². The minimum absolute atomic E-state index is 0.00791. The van der Waals surface area contributed by atoms with Gasteiger partial charge in [-0.05, 0) is 83.5 Å². The number of esters is 1. The number of ether oxygens (including phenoxy) is 3. The van der Waals surface area contributed by atoms with Crippen LogP contribution in [0.25, 0.3) is 0 Å². The highest BCUT2D eigenvalue weighted by molar-refractivity contribution is 5.76. The third-order valence-electron chi connectivity index (χ3n) is 15.2. The van der Waals surface area contributed by atoms with Crippen LogP contribution in [0.15, 0.2) is 36.5 Å². The number of hydrogen-bond donors (Lipinski definition) is 6. The van der Waals surface area contributed by atoms with Gasteiger partial charge in [0, 0.05) is 12.8 Å². The molecule has 1 rings (SSSR count). The molecule has 11 heteroatoms. The molecule has 11 nitrogen and oxygen atoms in total. The fraction of sp³-hybridized carbons (Fsp3) is 0.877. The number of carbonyl (C=O) groups is 2. The van der Waals surface area contributed by atoms with Gasteiger partial charge in [0.2, 0.25) is 5.91 Å². The van der Waals surface area contributed by atoms with Gasteiger partial charge in [-0.1, -0.05) is 243 Å². The minimum atomic E-state index is -1.57. The SMILES string of the molecule is CCCCCCCCC/C=C\CCCCCCCCCC(=O)OCCCCCCCCCCCC/C=C\CCCCCCCCCC(=O)NC(COC1OC(CO)C(O)C(O)C1O)C(O)/C=C/CCCCCCCCC. The number of allylic oxidation sites excluding steroid dienone is 5. The zero-order valence-corrected chi connectivity index (χ0v) is 49.2. The maximum absolute atomic E-state index is 13.0. The first-order valence-corrected chi connectivity index (χ1v) is 32.3. The van der Waals surface area contributed by atoms with Crippen LogP contribution in [0.5, 0.6) is 0 Å². The van der Waals surface area contributed by atoms with Crippen LogP contribution in [-0.2, 0) is 23.8 Å². The molecule has 1 saturated heterocycles. The Balaban J connectivity index is 1.98. The molecule has 0 aromatic heterocycles. The van der Waals surface area contributed by atoms with Crippen molar-refractivity contribution in [1.82, 2.24) is 5.32 Å². The number of amides is 1. The normalized spacial score (nSPS) is 18.9. The Kier molecular flexibility index (Phi) is 51.9. The summed E-state index contributed by atoms with van der Waals surface area (Å²) in [5.41, 5.74) is 0. The predicted molar refractivity (Wildman–Crippen MR) is 315 cm³/mol. The molecular formula is C65H121NO10. The summed E-state index contributed by atoms with van der Waals surface area (Å²) in [6.45, 7) is 4.31. The lowest BCUT2D eigenvalue weighted by molar-refractivity contribution is -0.302. The maximum Gasteiger partial charge on any atom is 0.305 e. The van der Waals surface area contributed by atoms with Crippen LogP contribution in [0.3, 0.4) is 0 Å². The van der Waals surface area contributed by atoms with E-state index in [4.69, 9.17) is 14.2 Å². The van der Waals surface area contributed by atoms with E-state index in [2.05, 4.69) is 43.5 Å². The van der Waals surface area contributed by atoms with Gasteiger partial charge in [-0.15, -0.1) is 0 Å². The van der Waals surface area contributed by atoms with Crippen molar-refractivity contribution < 1.29 is 49.3 Å². The van der Waals surface area contributed by atoms with Gasteiger partial charge in [0.25, 0.3) is 0 Å². The molecule has 7 atom stereocenters. The number of unbranched alkanes of at least 4 members (excludes halogenated alkanes) is 38. The maximum atomic E-state index is 13.0. The van der Waals surface area contributed by atoms with Gasteiger partial charge in [0.05, 0.1) is 32.0 Å². The molecule has 0 aliphatic carbocycles. The second-order valence-electron chi connectivity index (χ2n) is 22.5. The first-order chi connectivity index (χ1) is 37.2. The summed E-state index contributed by atoms with van der Waals surface area (Å²) >= 11 is 0. The first kappa shape index (κ1) is 71.9. The Labute approximate surface area is 466 Å². The van der Waals surface area contributed by atoms with Crippen molar-refractivity contribution in [3.8, 4) is 0 Å². The summed E-state index contributed by atoms with van der Waals surface area (Å²) in [5, 5.41) is 54.2. The average Bonchev–Trinajstić information content (AvgIpc) is 3.42. The molecule has 0 saturated carbocycles. The second kappa shape index (κ2) is 54.8. The van der Waals surface area contributed by atoms with Gasteiger partial charge < -0.3 is 45.1 Å². The van der Waals surface area contributed by atoms with Crippen molar-refractivity contribution in [3.63, 3.8) is 0 Å². The molecule has 0 aromatic rings. The highest BCUT2D eigenvalue weighted by Crippen LogP contribution is 2.23. The van der Waals surface area contributed by atoms with Crippen LogP contribution in [0.4, 0.5) is 0 Å². The average molecular weight is 1080 g/mol. The molecule has 7 unspecified atom stereocenters. The summed E-state index contributed by atoms with van der Waals surface area (Å²) in [6, 6.07) is -0.814. The minimum Gasteiger partial charge on any atom is -0.466 e. The fourth-order valence-corrected chi connectivity index (χ4v) is 10.1. The van der Waals surface area contributed by atoms with Gasteiger partial charge >= 0.3 is 5.97 Å². The van der Waals surface area contributed by atoms with Crippen molar-refractivity contribution in [2.24, 2.45) is 0 Å². The first-order valence-electron chi connectivity index (χ1n) is 32.3. The van der Waals surface area contributed by atoms with E-state index in [0.29, 0.717) is 19.4 Å². The van der Waals surface area contributed by atoms with E-state index in [1.165, 1.54) is 199 Å². The van der Waals surface area contributed by atoms with Crippen molar-refractivity contribution in [1.29, 1.82) is 0 Å². The van der Waals surface area contributed by atoms with Crippen LogP contribution in [0, 0.1) is 0 Å². The van der Waals surface area contributed by atoms with E-state index in [0.717, 1.165) is 77.0 Å². The van der Waals surface area contributed by atoms with Gasteiger partial charge in [0.15, 0.2) is 6.29 Å². The predicted octanol–water partition coefficient (Wildman–Crippen LogP) is 15.5. The van der Waals surface area contributed by atoms with Crippen LogP contribution < -0.4 is 5.32 Å². The lowest BCUT2D eigenvalue weighted by atomic mass is 9.99. The molecule has 446 valence electrons. The molecule has 0 bridgehead atoms. The van der Waals surface area contributed by atoms with Crippen molar-refractivity contribution >= 4 is 11.9 Å². The molecule has 1 fully saturated rings. The lowest BCUT2D eigenvalue weighted by Gasteiger charge is -2.40. The molecule has 1 aliphatic heterocycles. The van der Waals surface area contributed by atoms with Gasteiger partial charge in [-0.25, -0.2) is 0 Å². The van der Waals surface area contributed by atoms with Crippen molar-refractivity contribution in [3.05, 3.63) is 36.5 Å². The molecular weight excluding hydrogens is 955 g/mol.